The fraction of sp³-hybridized carbons (Fsp3) is 0.211. The molecule has 2 aromatic rings. The first-order chi connectivity index (χ1) is 12.4. The van der Waals surface area contributed by atoms with E-state index in [1.165, 1.54) is 34.5 Å². The van der Waals surface area contributed by atoms with Crippen molar-refractivity contribution < 1.29 is 28.8 Å². The molecule has 0 unspecified atom stereocenters. The summed E-state index contributed by atoms with van der Waals surface area (Å²) in [5.74, 6) is 1.28. The summed E-state index contributed by atoms with van der Waals surface area (Å²) in [6, 6.07) is 6.47. The number of methoxy groups -OCH3 is 4. The van der Waals surface area contributed by atoms with Crippen LogP contribution in [0, 0.1) is 0 Å². The number of rotatable bonds is 7. The predicted molar refractivity (Wildman–Crippen MR) is 102 cm³/mol. The molecule has 2 aromatic carbocycles. The molecule has 0 bridgehead atoms. The Morgan fingerprint density at radius 2 is 1.50 bits per heavy atom. The van der Waals surface area contributed by atoms with Crippen molar-refractivity contribution in [3.8, 4) is 28.7 Å². The van der Waals surface area contributed by atoms with Crippen LogP contribution in [0.3, 0.4) is 0 Å². The molecule has 2 rings (SSSR count). The number of carbonyl (C=O) groups excluding carboxylic acids is 1. The Bertz CT molecular complexity index is 819. The van der Waals surface area contributed by atoms with Crippen LogP contribution in [0.4, 0.5) is 0 Å². The number of hydrogen-bond donors (Lipinski definition) is 1. The van der Waals surface area contributed by atoms with Gasteiger partial charge in [-0.1, -0.05) is 6.08 Å². The van der Waals surface area contributed by atoms with Gasteiger partial charge in [-0.2, -0.15) is 0 Å². The number of hydrogen-bond acceptors (Lipinski definition) is 6. The molecule has 0 saturated carbocycles. The van der Waals surface area contributed by atoms with Crippen LogP contribution in [-0.2, 0) is 0 Å². The van der Waals surface area contributed by atoms with Crippen LogP contribution in [-0.4, -0.2) is 39.3 Å². The van der Waals surface area contributed by atoms with E-state index in [1.807, 2.05) is 0 Å². The van der Waals surface area contributed by atoms with Gasteiger partial charge in [0.25, 0.3) is 0 Å². The van der Waals surface area contributed by atoms with Crippen LogP contribution < -0.4 is 18.9 Å². The Balaban J connectivity index is 2.35. The van der Waals surface area contributed by atoms with Gasteiger partial charge in [-0.25, -0.2) is 0 Å². The van der Waals surface area contributed by atoms with E-state index in [1.54, 1.807) is 30.3 Å². The van der Waals surface area contributed by atoms with Crippen LogP contribution >= 0.6 is 15.9 Å². The minimum Gasteiger partial charge on any atom is -0.503 e. The molecule has 0 heterocycles. The van der Waals surface area contributed by atoms with Gasteiger partial charge in [0.2, 0.25) is 5.75 Å². The number of benzene rings is 2. The Morgan fingerprint density at radius 3 is 2.00 bits per heavy atom. The van der Waals surface area contributed by atoms with Crippen LogP contribution in [0.1, 0.15) is 15.9 Å². The van der Waals surface area contributed by atoms with Crippen molar-refractivity contribution in [2.24, 2.45) is 0 Å². The number of halogens is 1. The molecule has 0 fully saturated rings. The van der Waals surface area contributed by atoms with E-state index >= 15 is 0 Å². The quantitative estimate of drug-likeness (QED) is 0.534. The number of allylic oxidation sites excluding steroid dienone is 1. The molecule has 0 aliphatic rings. The highest BCUT2D eigenvalue weighted by atomic mass is 79.9. The summed E-state index contributed by atoms with van der Waals surface area (Å²) in [6.45, 7) is 0. The first-order valence-electron chi connectivity index (χ1n) is 7.54. The number of phenols is 1. The summed E-state index contributed by atoms with van der Waals surface area (Å²) in [4.78, 5) is 12.5. The van der Waals surface area contributed by atoms with Crippen molar-refractivity contribution >= 4 is 27.8 Å². The number of aromatic hydroxyl groups is 1. The molecule has 0 amide bonds. The number of ether oxygens (including phenoxy) is 4. The monoisotopic (exact) mass is 422 g/mol. The molecule has 26 heavy (non-hydrogen) atoms. The van der Waals surface area contributed by atoms with Crippen molar-refractivity contribution in [2.75, 3.05) is 28.4 Å². The molecule has 0 atom stereocenters. The Morgan fingerprint density at radius 1 is 0.923 bits per heavy atom. The molecule has 138 valence electrons. The van der Waals surface area contributed by atoms with Crippen LogP contribution in [0.15, 0.2) is 34.8 Å². The molecule has 1 N–H and O–H groups in total. The third-order valence-electron chi connectivity index (χ3n) is 3.65. The van der Waals surface area contributed by atoms with Crippen molar-refractivity contribution in [1.29, 1.82) is 0 Å². The SMILES string of the molecule is COc1cc(C=CC(=O)c2cc(OC)c(OC)c(OC)c2)cc(Br)c1O. The smallest absolute Gasteiger partial charge is 0.203 e. The van der Waals surface area contributed by atoms with Crippen molar-refractivity contribution in [2.45, 2.75) is 0 Å². The van der Waals surface area contributed by atoms with Crippen LogP contribution in [0.5, 0.6) is 28.7 Å². The summed E-state index contributed by atoms with van der Waals surface area (Å²) >= 11 is 3.25. The van der Waals surface area contributed by atoms with Gasteiger partial charge in [-0.15, -0.1) is 0 Å². The van der Waals surface area contributed by atoms with Crippen molar-refractivity contribution in [1.82, 2.24) is 0 Å². The van der Waals surface area contributed by atoms with Crippen LogP contribution in [0.2, 0.25) is 0 Å². The average Bonchev–Trinajstić information content (AvgIpc) is 2.66. The molecule has 0 spiro atoms. The van der Waals surface area contributed by atoms with Gasteiger partial charge in [0.15, 0.2) is 28.8 Å². The van der Waals surface area contributed by atoms with E-state index in [0.29, 0.717) is 38.6 Å². The Hall–Kier alpha value is -2.67. The van der Waals surface area contributed by atoms with E-state index in [-0.39, 0.29) is 11.5 Å². The fourth-order valence-electron chi connectivity index (χ4n) is 2.34. The molecule has 7 heteroatoms. The highest BCUT2D eigenvalue weighted by Gasteiger charge is 2.16. The van der Waals surface area contributed by atoms with Crippen molar-refractivity contribution in [3.63, 3.8) is 0 Å². The second-order valence-corrected chi connectivity index (χ2v) is 6.02. The molecule has 0 aliphatic heterocycles. The molecule has 6 nitrogen and oxygen atoms in total. The summed E-state index contributed by atoms with van der Waals surface area (Å²) in [5, 5.41) is 9.84. The zero-order valence-corrected chi connectivity index (χ0v) is 16.4. The molecule has 0 radical (unpaired) electrons. The lowest BCUT2D eigenvalue weighted by atomic mass is 10.1. The molecular weight excluding hydrogens is 404 g/mol. The first kappa shape index (κ1) is 19.7. The Kier molecular flexibility index (Phi) is 6.52. The summed E-state index contributed by atoms with van der Waals surface area (Å²) in [7, 11) is 5.93. The average molecular weight is 423 g/mol. The fourth-order valence-corrected chi connectivity index (χ4v) is 2.80. The third kappa shape index (κ3) is 4.11. The van der Waals surface area contributed by atoms with Gasteiger partial charge < -0.3 is 24.1 Å². The normalized spacial score (nSPS) is 10.7. The summed E-state index contributed by atoms with van der Waals surface area (Å²) in [6.07, 6.45) is 3.04. The topological polar surface area (TPSA) is 74.2 Å². The van der Waals surface area contributed by atoms with Gasteiger partial charge in [-0.3, -0.25) is 4.79 Å². The van der Waals surface area contributed by atoms with Gasteiger partial charge in [-0.05, 0) is 51.8 Å². The second kappa shape index (κ2) is 8.62. The zero-order valence-electron chi connectivity index (χ0n) is 14.8. The lowest BCUT2D eigenvalue weighted by Crippen LogP contribution is -2.00. The highest BCUT2D eigenvalue weighted by Crippen LogP contribution is 2.38. The zero-order chi connectivity index (χ0) is 19.3. The summed E-state index contributed by atoms with van der Waals surface area (Å²) in [5.41, 5.74) is 1.08. The van der Waals surface area contributed by atoms with E-state index in [0.717, 1.165) is 0 Å². The summed E-state index contributed by atoms with van der Waals surface area (Å²) < 4.78 is 21.3. The minimum absolute atomic E-state index is 0.000559. The number of phenolic OH excluding ortho intramolecular Hbond substituents is 1. The van der Waals surface area contributed by atoms with E-state index in [2.05, 4.69) is 15.9 Å². The molecule has 0 saturated heterocycles. The predicted octanol–water partition coefficient (Wildman–Crippen LogP) is 4.09. The minimum atomic E-state index is -0.243. The number of ketones is 1. The van der Waals surface area contributed by atoms with E-state index < -0.39 is 0 Å². The standard InChI is InChI=1S/C19H19BrO6/c1-23-15-8-11(7-13(20)18(15)22)5-6-14(21)12-9-16(24-2)19(26-4)17(10-12)25-3/h5-10,22H,1-4H3. The lowest BCUT2D eigenvalue weighted by molar-refractivity contribution is 0.104. The van der Waals surface area contributed by atoms with Gasteiger partial charge in [0.1, 0.15) is 0 Å². The van der Waals surface area contributed by atoms with E-state index in [9.17, 15) is 9.90 Å². The maximum atomic E-state index is 12.5. The first-order valence-corrected chi connectivity index (χ1v) is 8.33. The van der Waals surface area contributed by atoms with Gasteiger partial charge in [0.05, 0.1) is 32.9 Å². The molecule has 0 aromatic heterocycles. The van der Waals surface area contributed by atoms with Gasteiger partial charge in [0, 0.05) is 5.56 Å². The highest BCUT2D eigenvalue weighted by molar-refractivity contribution is 9.10. The largest absolute Gasteiger partial charge is 0.503 e. The lowest BCUT2D eigenvalue weighted by Gasteiger charge is -2.13. The van der Waals surface area contributed by atoms with E-state index in [4.69, 9.17) is 18.9 Å². The maximum absolute atomic E-state index is 12.5. The van der Waals surface area contributed by atoms with Gasteiger partial charge >= 0.3 is 0 Å². The number of carbonyl (C=O) groups is 1. The Labute approximate surface area is 160 Å². The third-order valence-corrected chi connectivity index (χ3v) is 4.25. The van der Waals surface area contributed by atoms with Crippen molar-refractivity contribution in [3.05, 3.63) is 45.9 Å². The second-order valence-electron chi connectivity index (χ2n) is 5.17. The molecule has 0 aliphatic carbocycles. The van der Waals surface area contributed by atoms with Crippen LogP contribution in [0.25, 0.3) is 6.08 Å². The maximum Gasteiger partial charge on any atom is 0.203 e. The molecular formula is C19H19BrO6.